The van der Waals surface area contributed by atoms with Crippen molar-refractivity contribution in [3.63, 3.8) is 0 Å². The lowest BCUT2D eigenvalue weighted by Gasteiger charge is -2.13. The molecule has 3 aromatic rings. The lowest BCUT2D eigenvalue weighted by atomic mass is 10.1. The Morgan fingerprint density at radius 3 is 2.27 bits per heavy atom. The number of nitrogens with one attached hydrogen (secondary N) is 2. The number of carbonyl (C=O) groups is 1. The molecule has 0 fully saturated rings. The lowest BCUT2D eigenvalue weighted by molar-refractivity contribution is 0.102. The zero-order chi connectivity index (χ0) is 21.9. The Bertz CT molecular complexity index is 1190. The maximum absolute atomic E-state index is 12.6. The van der Waals surface area contributed by atoms with E-state index in [0.717, 1.165) is 5.56 Å². The molecule has 0 aromatic heterocycles. The van der Waals surface area contributed by atoms with Crippen LogP contribution in [0.2, 0.25) is 5.02 Å². The average molecular weight is 445 g/mol. The zero-order valence-corrected chi connectivity index (χ0v) is 18.3. The number of ether oxygens (including phenoxy) is 1. The molecule has 0 aliphatic carbocycles. The summed E-state index contributed by atoms with van der Waals surface area (Å²) in [5, 5.41) is 3.22. The highest BCUT2D eigenvalue weighted by molar-refractivity contribution is 7.92. The zero-order valence-electron chi connectivity index (χ0n) is 16.7. The Morgan fingerprint density at radius 1 is 0.933 bits per heavy atom. The highest BCUT2D eigenvalue weighted by Gasteiger charge is 2.17. The van der Waals surface area contributed by atoms with Crippen molar-refractivity contribution in [2.45, 2.75) is 18.7 Å². The number of sulfonamides is 1. The molecule has 0 saturated heterocycles. The minimum absolute atomic E-state index is 0.169. The Kier molecular flexibility index (Phi) is 6.34. The van der Waals surface area contributed by atoms with Gasteiger partial charge < -0.3 is 10.1 Å². The second-order valence-electron chi connectivity index (χ2n) is 6.75. The van der Waals surface area contributed by atoms with E-state index in [1.54, 1.807) is 67.6 Å². The van der Waals surface area contributed by atoms with E-state index in [1.807, 2.05) is 6.92 Å². The van der Waals surface area contributed by atoms with Crippen molar-refractivity contribution < 1.29 is 17.9 Å². The van der Waals surface area contributed by atoms with Crippen molar-refractivity contribution in [3.05, 3.63) is 82.4 Å². The number of aryl methyl sites for hydroxylation is 2. The first-order valence-corrected chi connectivity index (χ1v) is 10.9. The van der Waals surface area contributed by atoms with Crippen molar-refractivity contribution in [1.29, 1.82) is 0 Å². The van der Waals surface area contributed by atoms with Crippen LogP contribution in [-0.4, -0.2) is 21.4 Å². The van der Waals surface area contributed by atoms with E-state index in [1.165, 1.54) is 7.11 Å². The number of hydrogen-bond donors (Lipinski definition) is 2. The van der Waals surface area contributed by atoms with Gasteiger partial charge in [0.25, 0.3) is 15.9 Å². The fraction of sp³-hybridized carbons (Fsp3) is 0.136. The molecule has 0 saturated carbocycles. The molecule has 0 aliphatic rings. The minimum Gasteiger partial charge on any atom is -0.495 e. The third-order valence-corrected chi connectivity index (χ3v) is 6.09. The van der Waals surface area contributed by atoms with E-state index in [2.05, 4.69) is 10.0 Å². The second kappa shape index (κ2) is 8.77. The monoisotopic (exact) mass is 444 g/mol. The average Bonchev–Trinajstić information content (AvgIpc) is 2.70. The molecular formula is C22H21ClN2O4S. The van der Waals surface area contributed by atoms with Crippen molar-refractivity contribution in [2.24, 2.45) is 0 Å². The van der Waals surface area contributed by atoms with E-state index < -0.39 is 10.0 Å². The van der Waals surface area contributed by atoms with Gasteiger partial charge in [0.15, 0.2) is 0 Å². The van der Waals surface area contributed by atoms with Gasteiger partial charge in [-0.05, 0) is 67.9 Å². The molecule has 6 nitrogen and oxygen atoms in total. The Balaban J connectivity index is 1.80. The van der Waals surface area contributed by atoms with Crippen LogP contribution in [0.4, 0.5) is 11.4 Å². The molecule has 0 heterocycles. The smallest absolute Gasteiger partial charge is 0.261 e. The fourth-order valence-corrected chi connectivity index (χ4v) is 4.12. The quantitative estimate of drug-likeness (QED) is 0.559. The molecule has 0 unspecified atom stereocenters. The van der Waals surface area contributed by atoms with Crippen molar-refractivity contribution >= 4 is 38.9 Å². The molecule has 0 aliphatic heterocycles. The van der Waals surface area contributed by atoms with Gasteiger partial charge in [0, 0.05) is 10.6 Å². The molecule has 0 spiro atoms. The molecule has 30 heavy (non-hydrogen) atoms. The number of amides is 1. The molecular weight excluding hydrogens is 424 g/mol. The predicted octanol–water partition coefficient (Wildman–Crippen LogP) is 5.02. The first-order chi connectivity index (χ1) is 14.2. The van der Waals surface area contributed by atoms with Crippen molar-refractivity contribution in [2.75, 3.05) is 17.1 Å². The summed E-state index contributed by atoms with van der Waals surface area (Å²) in [6.07, 6.45) is 0. The summed E-state index contributed by atoms with van der Waals surface area (Å²) >= 11 is 6.00. The van der Waals surface area contributed by atoms with Crippen LogP contribution in [0.25, 0.3) is 0 Å². The number of carbonyl (C=O) groups excluding carboxylic acids is 1. The Morgan fingerprint density at radius 2 is 1.63 bits per heavy atom. The Labute approximate surface area is 180 Å². The first-order valence-electron chi connectivity index (χ1n) is 9.04. The lowest BCUT2D eigenvalue weighted by Crippen LogP contribution is -2.15. The minimum atomic E-state index is -3.73. The van der Waals surface area contributed by atoms with E-state index >= 15 is 0 Å². The molecule has 156 valence electrons. The van der Waals surface area contributed by atoms with Gasteiger partial charge in [0.2, 0.25) is 0 Å². The highest BCUT2D eigenvalue weighted by Crippen LogP contribution is 2.28. The fourth-order valence-electron chi connectivity index (χ4n) is 2.81. The maximum Gasteiger partial charge on any atom is 0.261 e. The molecule has 2 N–H and O–H groups in total. The number of halogens is 1. The van der Waals surface area contributed by atoms with E-state index in [0.29, 0.717) is 33.3 Å². The largest absolute Gasteiger partial charge is 0.495 e. The number of rotatable bonds is 6. The standard InChI is InChI=1S/C22H21ClN2O4S/c1-14-4-8-18(9-5-14)30(27,28)25-19-10-6-16(12-15(19)2)22(26)24-20-13-17(23)7-11-21(20)29-3/h4-13,25H,1-3H3,(H,24,26). The predicted molar refractivity (Wildman–Crippen MR) is 119 cm³/mol. The van der Waals surface area contributed by atoms with Crippen LogP contribution in [0, 0.1) is 13.8 Å². The second-order valence-corrected chi connectivity index (χ2v) is 8.87. The summed E-state index contributed by atoms with van der Waals surface area (Å²) in [4.78, 5) is 12.8. The van der Waals surface area contributed by atoms with Crippen LogP contribution in [0.5, 0.6) is 5.75 Å². The van der Waals surface area contributed by atoms with Crippen LogP contribution < -0.4 is 14.8 Å². The molecule has 3 aromatic carbocycles. The SMILES string of the molecule is COc1ccc(Cl)cc1NC(=O)c1ccc(NS(=O)(=O)c2ccc(C)cc2)c(C)c1. The van der Waals surface area contributed by atoms with Gasteiger partial charge in [-0.2, -0.15) is 0 Å². The van der Waals surface area contributed by atoms with E-state index in [-0.39, 0.29) is 10.8 Å². The van der Waals surface area contributed by atoms with Crippen LogP contribution in [0.3, 0.4) is 0 Å². The van der Waals surface area contributed by atoms with E-state index in [4.69, 9.17) is 16.3 Å². The van der Waals surface area contributed by atoms with Gasteiger partial charge >= 0.3 is 0 Å². The number of anilines is 2. The normalized spacial score (nSPS) is 11.1. The van der Waals surface area contributed by atoms with Gasteiger partial charge in [0.1, 0.15) is 5.75 Å². The van der Waals surface area contributed by atoms with Crippen LogP contribution in [-0.2, 0) is 10.0 Å². The molecule has 0 radical (unpaired) electrons. The van der Waals surface area contributed by atoms with E-state index in [9.17, 15) is 13.2 Å². The molecule has 8 heteroatoms. The van der Waals surface area contributed by atoms with Crippen molar-refractivity contribution in [1.82, 2.24) is 0 Å². The highest BCUT2D eigenvalue weighted by atomic mass is 35.5. The van der Waals surface area contributed by atoms with Gasteiger partial charge in [-0.3, -0.25) is 9.52 Å². The Hall–Kier alpha value is -3.03. The van der Waals surface area contributed by atoms with Crippen LogP contribution in [0.1, 0.15) is 21.5 Å². The number of methoxy groups -OCH3 is 1. The summed E-state index contributed by atoms with van der Waals surface area (Å²) < 4.78 is 33.0. The summed E-state index contributed by atoms with van der Waals surface area (Å²) in [6, 6.07) is 16.2. The number of hydrogen-bond acceptors (Lipinski definition) is 4. The maximum atomic E-state index is 12.6. The third kappa shape index (κ3) is 4.93. The first kappa shape index (κ1) is 21.7. The van der Waals surface area contributed by atoms with Gasteiger partial charge in [0.05, 0.1) is 23.4 Å². The van der Waals surface area contributed by atoms with Crippen LogP contribution >= 0.6 is 11.6 Å². The van der Waals surface area contributed by atoms with Crippen molar-refractivity contribution in [3.8, 4) is 5.75 Å². The van der Waals surface area contributed by atoms with Crippen LogP contribution in [0.15, 0.2) is 65.6 Å². The summed E-state index contributed by atoms with van der Waals surface area (Å²) in [6.45, 7) is 3.61. The van der Waals surface area contributed by atoms with Gasteiger partial charge in [-0.1, -0.05) is 29.3 Å². The summed E-state index contributed by atoms with van der Waals surface area (Å²) in [7, 11) is -2.23. The third-order valence-electron chi connectivity index (χ3n) is 4.47. The molecule has 0 atom stereocenters. The summed E-state index contributed by atoms with van der Waals surface area (Å²) in [5.74, 6) is 0.110. The topological polar surface area (TPSA) is 84.5 Å². The molecule has 0 bridgehead atoms. The molecule has 1 amide bonds. The summed E-state index contributed by atoms with van der Waals surface area (Å²) in [5.41, 5.74) is 2.78. The van der Waals surface area contributed by atoms with Gasteiger partial charge in [-0.15, -0.1) is 0 Å². The number of benzene rings is 3. The molecule has 3 rings (SSSR count). The van der Waals surface area contributed by atoms with Gasteiger partial charge in [-0.25, -0.2) is 8.42 Å².